The van der Waals surface area contributed by atoms with Crippen molar-refractivity contribution in [2.75, 3.05) is 6.54 Å². The maximum absolute atomic E-state index is 13.5. The van der Waals surface area contributed by atoms with Gasteiger partial charge in [0.15, 0.2) is 6.10 Å². The van der Waals surface area contributed by atoms with Gasteiger partial charge in [-0.25, -0.2) is 4.79 Å². The molecule has 1 heterocycles. The normalized spacial score (nSPS) is 28.2. The number of hydrogen-bond donors (Lipinski definition) is 4. The van der Waals surface area contributed by atoms with Crippen molar-refractivity contribution < 1.29 is 29.4 Å². The highest BCUT2D eigenvalue weighted by molar-refractivity contribution is 5.94. The zero-order valence-corrected chi connectivity index (χ0v) is 20.5. The number of fused-ring (bicyclic) bond motifs is 1. The van der Waals surface area contributed by atoms with Crippen LogP contribution in [0.1, 0.15) is 60.8 Å². The molecule has 0 spiro atoms. The highest BCUT2D eigenvalue weighted by Gasteiger charge is 2.69. The fourth-order valence-corrected chi connectivity index (χ4v) is 5.25. The van der Waals surface area contributed by atoms with Gasteiger partial charge < -0.3 is 25.7 Å². The average molecular weight is 466 g/mol. The molecule has 4 N–H and O–H groups in total. The van der Waals surface area contributed by atoms with E-state index in [4.69, 9.17) is 0 Å². The van der Waals surface area contributed by atoms with Gasteiger partial charge in [0.1, 0.15) is 12.1 Å². The summed E-state index contributed by atoms with van der Waals surface area (Å²) in [6.45, 7) is 11.8. The maximum Gasteiger partial charge on any atom is 0.334 e. The molecule has 0 aromatic heterocycles. The molecule has 33 heavy (non-hydrogen) atoms. The number of piperidine rings is 1. The van der Waals surface area contributed by atoms with Gasteiger partial charge in [-0.2, -0.15) is 0 Å². The minimum absolute atomic E-state index is 0.0430. The highest BCUT2D eigenvalue weighted by atomic mass is 16.4. The van der Waals surface area contributed by atoms with Gasteiger partial charge >= 0.3 is 5.97 Å². The summed E-state index contributed by atoms with van der Waals surface area (Å²) < 4.78 is 0. The number of rotatable bonds is 10. The molecular weight excluding hydrogens is 426 g/mol. The quantitative estimate of drug-likeness (QED) is 0.380. The van der Waals surface area contributed by atoms with Crippen LogP contribution in [0.15, 0.2) is 0 Å². The first-order valence-corrected chi connectivity index (χ1v) is 12.1. The third-order valence-electron chi connectivity index (χ3n) is 7.76. The molecule has 0 aromatic rings. The summed E-state index contributed by atoms with van der Waals surface area (Å²) in [6.07, 6.45) is 0.611. The van der Waals surface area contributed by atoms with Crippen molar-refractivity contribution in [2.24, 2.45) is 35.0 Å². The van der Waals surface area contributed by atoms with Gasteiger partial charge in [-0.05, 0) is 35.5 Å². The Morgan fingerprint density at radius 2 is 1.67 bits per heavy atom. The SMILES string of the molecule is CC(C)C(=O)NC(C(=O)N1C[C@H]2[C@@H]([C@H]1C(=O)NC(CC1CC1)C(O)C(=O)O)C2(C)C)C(C)C. The number of hydrogen-bond acceptors (Lipinski definition) is 5. The number of amides is 3. The zero-order valence-electron chi connectivity index (χ0n) is 20.5. The summed E-state index contributed by atoms with van der Waals surface area (Å²) in [6, 6.07) is -2.40. The van der Waals surface area contributed by atoms with Gasteiger partial charge in [0.25, 0.3) is 0 Å². The van der Waals surface area contributed by atoms with Crippen molar-refractivity contribution in [2.45, 2.75) is 85.0 Å². The molecular formula is C24H39N3O6. The fourth-order valence-electron chi connectivity index (χ4n) is 5.25. The molecule has 0 aromatic carbocycles. The smallest absolute Gasteiger partial charge is 0.334 e. The molecule has 3 amide bonds. The van der Waals surface area contributed by atoms with Crippen molar-refractivity contribution in [1.82, 2.24) is 15.5 Å². The van der Waals surface area contributed by atoms with Gasteiger partial charge in [-0.1, -0.05) is 54.4 Å². The first kappa shape index (κ1) is 25.5. The second-order valence-electron chi connectivity index (χ2n) is 11.4. The molecule has 9 nitrogen and oxygen atoms in total. The van der Waals surface area contributed by atoms with Crippen molar-refractivity contribution in [3.05, 3.63) is 0 Å². The Labute approximate surface area is 195 Å². The summed E-state index contributed by atoms with van der Waals surface area (Å²) in [5.74, 6) is -2.33. The van der Waals surface area contributed by atoms with Crippen molar-refractivity contribution in [1.29, 1.82) is 0 Å². The summed E-state index contributed by atoms with van der Waals surface area (Å²) in [5.41, 5.74) is -0.106. The zero-order chi connectivity index (χ0) is 24.8. The van der Waals surface area contributed by atoms with Gasteiger partial charge in [-0.3, -0.25) is 14.4 Å². The average Bonchev–Trinajstić information content (AvgIpc) is 3.57. The second-order valence-corrected chi connectivity index (χ2v) is 11.4. The lowest BCUT2D eigenvalue weighted by atomic mass is 9.96. The molecule has 3 rings (SSSR count). The Hall–Kier alpha value is -2.16. The fraction of sp³-hybridized carbons (Fsp3) is 0.833. The van der Waals surface area contributed by atoms with Crippen molar-refractivity contribution in [3.8, 4) is 0 Å². The molecule has 3 fully saturated rings. The van der Waals surface area contributed by atoms with E-state index >= 15 is 0 Å². The minimum Gasteiger partial charge on any atom is -0.479 e. The number of aliphatic hydroxyl groups excluding tert-OH is 1. The molecule has 0 radical (unpaired) electrons. The van der Waals surface area contributed by atoms with Crippen molar-refractivity contribution in [3.63, 3.8) is 0 Å². The topological polar surface area (TPSA) is 136 Å². The molecule has 3 unspecified atom stereocenters. The Kier molecular flexibility index (Phi) is 7.13. The summed E-state index contributed by atoms with van der Waals surface area (Å²) in [4.78, 5) is 52.3. The molecule has 186 valence electrons. The number of aliphatic carboxylic acids is 1. The Morgan fingerprint density at radius 1 is 1.06 bits per heavy atom. The van der Waals surface area contributed by atoms with Crippen LogP contribution in [0.4, 0.5) is 0 Å². The van der Waals surface area contributed by atoms with Crippen LogP contribution in [-0.4, -0.2) is 69.6 Å². The molecule has 1 aliphatic heterocycles. The Morgan fingerprint density at radius 3 is 2.15 bits per heavy atom. The maximum atomic E-state index is 13.5. The summed E-state index contributed by atoms with van der Waals surface area (Å²) >= 11 is 0. The number of carboxylic acids is 1. The van der Waals surface area contributed by atoms with E-state index in [0.29, 0.717) is 18.9 Å². The lowest BCUT2D eigenvalue weighted by Crippen LogP contribution is -2.59. The predicted molar refractivity (Wildman–Crippen MR) is 121 cm³/mol. The van der Waals surface area contributed by atoms with E-state index in [1.165, 1.54) is 0 Å². The molecule has 6 atom stereocenters. The van der Waals surface area contributed by atoms with E-state index in [2.05, 4.69) is 24.5 Å². The first-order valence-electron chi connectivity index (χ1n) is 12.1. The molecule has 1 saturated heterocycles. The molecule has 3 aliphatic rings. The van der Waals surface area contributed by atoms with Gasteiger partial charge in [-0.15, -0.1) is 0 Å². The van der Waals surface area contributed by atoms with Crippen LogP contribution < -0.4 is 10.6 Å². The third-order valence-corrected chi connectivity index (χ3v) is 7.76. The number of carbonyl (C=O) groups is 4. The highest BCUT2D eigenvalue weighted by Crippen LogP contribution is 2.65. The van der Waals surface area contributed by atoms with Gasteiger partial charge in [0.05, 0.1) is 6.04 Å². The monoisotopic (exact) mass is 465 g/mol. The van der Waals surface area contributed by atoms with E-state index in [1.807, 2.05) is 13.8 Å². The van der Waals surface area contributed by atoms with Crippen LogP contribution >= 0.6 is 0 Å². The van der Waals surface area contributed by atoms with Crippen LogP contribution in [0.2, 0.25) is 0 Å². The number of aliphatic hydroxyl groups is 1. The summed E-state index contributed by atoms with van der Waals surface area (Å²) in [7, 11) is 0. The standard InChI is InChI=1S/C24H39N3O6/c1-11(2)17(26-20(29)12(3)4)22(31)27-10-14-16(24(14,5)6)18(27)21(30)25-15(9-13-7-8-13)19(28)23(32)33/h11-19,28H,7-10H2,1-6H3,(H,25,30)(H,26,29)(H,32,33)/t14-,15?,16-,17?,18-,19?/m0/s1. The Bertz CT molecular complexity index is 806. The first-order chi connectivity index (χ1) is 15.3. The molecule has 0 bridgehead atoms. The molecule has 9 heteroatoms. The van der Waals surface area contributed by atoms with E-state index in [1.54, 1.807) is 18.7 Å². The van der Waals surface area contributed by atoms with Gasteiger partial charge in [0.2, 0.25) is 17.7 Å². The number of nitrogens with zero attached hydrogens (tertiary/aromatic N) is 1. The van der Waals surface area contributed by atoms with E-state index in [0.717, 1.165) is 12.8 Å². The predicted octanol–water partition coefficient (Wildman–Crippen LogP) is 0.997. The third kappa shape index (κ3) is 5.18. The second kappa shape index (κ2) is 9.24. The van der Waals surface area contributed by atoms with Crippen LogP contribution in [-0.2, 0) is 19.2 Å². The van der Waals surface area contributed by atoms with Crippen LogP contribution in [0.3, 0.4) is 0 Å². The number of carbonyl (C=O) groups excluding carboxylic acids is 3. The van der Waals surface area contributed by atoms with Crippen LogP contribution in [0.25, 0.3) is 0 Å². The number of carboxylic acid groups (broad SMARTS) is 1. The summed E-state index contributed by atoms with van der Waals surface area (Å²) in [5, 5.41) is 25.1. The minimum atomic E-state index is -1.70. The number of nitrogens with one attached hydrogen (secondary N) is 2. The van der Waals surface area contributed by atoms with Crippen molar-refractivity contribution >= 4 is 23.7 Å². The molecule has 2 saturated carbocycles. The molecule has 2 aliphatic carbocycles. The van der Waals surface area contributed by atoms with Crippen LogP contribution in [0, 0.1) is 35.0 Å². The largest absolute Gasteiger partial charge is 0.479 e. The van der Waals surface area contributed by atoms with E-state index in [9.17, 15) is 29.4 Å². The van der Waals surface area contributed by atoms with E-state index < -0.39 is 36.1 Å². The Balaban J connectivity index is 1.80. The van der Waals surface area contributed by atoms with E-state index in [-0.39, 0.29) is 40.9 Å². The number of likely N-dealkylation sites (tertiary alicyclic amines) is 1. The lowest BCUT2D eigenvalue weighted by Gasteiger charge is -2.35. The lowest BCUT2D eigenvalue weighted by molar-refractivity contribution is -0.150. The van der Waals surface area contributed by atoms with Gasteiger partial charge in [0, 0.05) is 12.5 Å². The van der Waals surface area contributed by atoms with Crippen LogP contribution in [0.5, 0.6) is 0 Å².